The fourth-order valence-corrected chi connectivity index (χ4v) is 3.36. The molecular weight excluding hydrogens is 312 g/mol. The number of rotatable bonds is 7. The van der Waals surface area contributed by atoms with Crippen molar-refractivity contribution in [1.29, 1.82) is 0 Å². The Bertz CT molecular complexity index is 536. The molecule has 0 spiro atoms. The molecule has 134 valence electrons. The molecule has 4 unspecified atom stereocenters. The minimum atomic E-state index is -0.952. The van der Waals surface area contributed by atoms with Crippen LogP contribution in [-0.4, -0.2) is 36.2 Å². The minimum absolute atomic E-state index is 0.0115. The number of hydrogen-bond donors (Lipinski definition) is 1. The molecule has 0 aromatic rings. The summed E-state index contributed by atoms with van der Waals surface area (Å²) in [6, 6.07) is 0. The van der Waals surface area contributed by atoms with E-state index in [0.29, 0.717) is 6.42 Å². The van der Waals surface area contributed by atoms with E-state index in [1.54, 1.807) is 13.8 Å². The fourth-order valence-electron chi connectivity index (χ4n) is 3.36. The Hall–Kier alpha value is -1.85. The van der Waals surface area contributed by atoms with E-state index in [9.17, 15) is 19.5 Å². The number of hydrogen-bond acceptors (Lipinski definition) is 5. The van der Waals surface area contributed by atoms with Crippen LogP contribution in [0.3, 0.4) is 0 Å². The van der Waals surface area contributed by atoms with Crippen molar-refractivity contribution >= 4 is 17.9 Å². The zero-order valence-corrected chi connectivity index (χ0v) is 14.5. The van der Waals surface area contributed by atoms with Crippen LogP contribution in [0.5, 0.6) is 0 Å². The molecule has 0 radical (unpaired) electrons. The Labute approximate surface area is 142 Å². The molecule has 0 saturated heterocycles. The molecule has 24 heavy (non-hydrogen) atoms. The second-order valence-electron chi connectivity index (χ2n) is 7.22. The summed E-state index contributed by atoms with van der Waals surface area (Å²) in [6.07, 6.45) is 6.11. The summed E-state index contributed by atoms with van der Waals surface area (Å²) in [4.78, 5) is 35.7. The predicted molar refractivity (Wildman–Crippen MR) is 86.0 cm³/mol. The van der Waals surface area contributed by atoms with Crippen LogP contribution in [0.2, 0.25) is 0 Å². The second-order valence-corrected chi connectivity index (χ2v) is 7.22. The van der Waals surface area contributed by atoms with Crippen molar-refractivity contribution in [1.82, 2.24) is 0 Å². The van der Waals surface area contributed by atoms with Crippen molar-refractivity contribution in [3.8, 4) is 0 Å². The number of fused-ring (bicyclic) bond motifs is 2. The second kappa shape index (κ2) is 7.36. The highest BCUT2D eigenvalue weighted by atomic mass is 16.6. The average Bonchev–Trinajstić information content (AvgIpc) is 2.58. The van der Waals surface area contributed by atoms with E-state index in [0.717, 1.165) is 12.8 Å². The van der Waals surface area contributed by atoms with Crippen LogP contribution in [0.4, 0.5) is 0 Å². The lowest BCUT2D eigenvalue weighted by atomic mass is 9.62. The number of esters is 2. The van der Waals surface area contributed by atoms with Crippen LogP contribution in [-0.2, 0) is 23.9 Å². The molecular formula is C18H26O6. The van der Waals surface area contributed by atoms with Crippen LogP contribution in [0.25, 0.3) is 0 Å². The molecule has 3 rings (SSSR count). The molecule has 0 aromatic carbocycles. The molecule has 4 atom stereocenters. The SMILES string of the molecule is CCC(C)(C)C(=O)OCCOC(=O)C1C2C=CC(CC2)C1C(=O)O. The molecule has 0 heterocycles. The summed E-state index contributed by atoms with van der Waals surface area (Å²) in [5.74, 6) is -3.33. The molecule has 3 aliphatic carbocycles. The van der Waals surface area contributed by atoms with Gasteiger partial charge in [-0.05, 0) is 44.9 Å². The number of carboxylic acids is 1. The lowest BCUT2D eigenvalue weighted by Crippen LogP contribution is -2.46. The first-order chi connectivity index (χ1) is 11.3. The highest BCUT2D eigenvalue weighted by Gasteiger charge is 2.49. The standard InChI is InChI=1S/C18H26O6/c1-4-18(2,3)17(22)24-10-9-23-16(21)14-12-7-5-11(6-8-12)13(14)15(19)20/h5,7,11-14H,4,6,8-10H2,1-3H3,(H,19,20). The zero-order chi connectivity index (χ0) is 17.9. The van der Waals surface area contributed by atoms with Crippen LogP contribution in [0.1, 0.15) is 40.0 Å². The normalized spacial score (nSPS) is 28.5. The van der Waals surface area contributed by atoms with Crippen molar-refractivity contribution in [3.05, 3.63) is 12.2 Å². The van der Waals surface area contributed by atoms with Gasteiger partial charge in [0, 0.05) is 0 Å². The molecule has 0 aliphatic heterocycles. The molecule has 3 aliphatic rings. The molecule has 2 bridgehead atoms. The Morgan fingerprint density at radius 1 is 1.04 bits per heavy atom. The smallest absolute Gasteiger partial charge is 0.311 e. The summed E-state index contributed by atoms with van der Waals surface area (Å²) in [7, 11) is 0. The third-order valence-electron chi connectivity index (χ3n) is 5.30. The maximum absolute atomic E-state index is 12.3. The van der Waals surface area contributed by atoms with Gasteiger partial charge in [-0.15, -0.1) is 0 Å². The lowest BCUT2D eigenvalue weighted by Gasteiger charge is -2.41. The number of carbonyl (C=O) groups excluding carboxylic acids is 2. The Morgan fingerprint density at radius 3 is 2.08 bits per heavy atom. The van der Waals surface area contributed by atoms with Gasteiger partial charge in [-0.1, -0.05) is 19.1 Å². The van der Waals surface area contributed by atoms with E-state index < -0.39 is 29.2 Å². The van der Waals surface area contributed by atoms with Gasteiger partial charge in [0.15, 0.2) is 0 Å². The first-order valence-electron chi connectivity index (χ1n) is 8.53. The third-order valence-corrected chi connectivity index (χ3v) is 5.30. The fraction of sp³-hybridized carbons (Fsp3) is 0.722. The molecule has 1 fully saturated rings. The van der Waals surface area contributed by atoms with E-state index in [2.05, 4.69) is 0 Å². The summed E-state index contributed by atoms with van der Waals surface area (Å²) < 4.78 is 10.3. The summed E-state index contributed by atoms with van der Waals surface area (Å²) in [6.45, 7) is 5.43. The first-order valence-corrected chi connectivity index (χ1v) is 8.53. The van der Waals surface area contributed by atoms with E-state index in [4.69, 9.17) is 9.47 Å². The maximum atomic E-state index is 12.3. The number of carbonyl (C=O) groups is 3. The summed E-state index contributed by atoms with van der Waals surface area (Å²) in [5.41, 5.74) is -0.564. The Kier molecular flexibility index (Phi) is 5.67. The van der Waals surface area contributed by atoms with E-state index in [-0.39, 0.29) is 31.0 Å². The van der Waals surface area contributed by atoms with Crippen molar-refractivity contribution in [2.75, 3.05) is 13.2 Å². The highest BCUT2D eigenvalue weighted by Crippen LogP contribution is 2.45. The summed E-state index contributed by atoms with van der Waals surface area (Å²) in [5, 5.41) is 9.43. The van der Waals surface area contributed by atoms with Crippen molar-refractivity contribution in [2.45, 2.75) is 40.0 Å². The van der Waals surface area contributed by atoms with Gasteiger partial charge in [-0.3, -0.25) is 14.4 Å². The van der Waals surface area contributed by atoms with Gasteiger partial charge in [-0.25, -0.2) is 0 Å². The van der Waals surface area contributed by atoms with Crippen LogP contribution < -0.4 is 0 Å². The topological polar surface area (TPSA) is 89.9 Å². The number of carboxylic acid groups (broad SMARTS) is 1. The molecule has 1 saturated carbocycles. The van der Waals surface area contributed by atoms with Crippen LogP contribution >= 0.6 is 0 Å². The van der Waals surface area contributed by atoms with E-state index in [1.165, 1.54) is 0 Å². The van der Waals surface area contributed by atoms with Crippen molar-refractivity contribution in [2.24, 2.45) is 29.1 Å². The molecule has 6 nitrogen and oxygen atoms in total. The molecule has 0 aromatic heterocycles. The Morgan fingerprint density at radius 2 is 1.58 bits per heavy atom. The zero-order valence-electron chi connectivity index (χ0n) is 14.5. The predicted octanol–water partition coefficient (Wildman–Crippen LogP) is 2.42. The maximum Gasteiger partial charge on any atom is 0.311 e. The number of aliphatic carboxylic acids is 1. The van der Waals surface area contributed by atoms with E-state index in [1.807, 2.05) is 19.1 Å². The quantitative estimate of drug-likeness (QED) is 0.435. The highest BCUT2D eigenvalue weighted by molar-refractivity contribution is 5.83. The van der Waals surface area contributed by atoms with Gasteiger partial charge < -0.3 is 14.6 Å². The van der Waals surface area contributed by atoms with Gasteiger partial charge in [0.2, 0.25) is 0 Å². The van der Waals surface area contributed by atoms with Gasteiger partial charge in [0.1, 0.15) is 13.2 Å². The number of allylic oxidation sites excluding steroid dienone is 2. The molecule has 1 N–H and O–H groups in total. The van der Waals surface area contributed by atoms with Gasteiger partial charge >= 0.3 is 17.9 Å². The Balaban J connectivity index is 1.85. The first kappa shape index (κ1) is 18.5. The van der Waals surface area contributed by atoms with Crippen LogP contribution in [0, 0.1) is 29.1 Å². The largest absolute Gasteiger partial charge is 0.481 e. The minimum Gasteiger partial charge on any atom is -0.481 e. The number of ether oxygens (including phenoxy) is 2. The summed E-state index contributed by atoms with van der Waals surface area (Å²) >= 11 is 0. The van der Waals surface area contributed by atoms with E-state index >= 15 is 0 Å². The van der Waals surface area contributed by atoms with Gasteiger partial charge in [0.25, 0.3) is 0 Å². The van der Waals surface area contributed by atoms with Crippen LogP contribution in [0.15, 0.2) is 12.2 Å². The van der Waals surface area contributed by atoms with Gasteiger partial charge in [-0.2, -0.15) is 0 Å². The van der Waals surface area contributed by atoms with Crippen molar-refractivity contribution in [3.63, 3.8) is 0 Å². The lowest BCUT2D eigenvalue weighted by molar-refractivity contribution is -0.167. The van der Waals surface area contributed by atoms with Crippen molar-refractivity contribution < 1.29 is 29.0 Å². The molecule has 6 heteroatoms. The average molecular weight is 338 g/mol. The monoisotopic (exact) mass is 338 g/mol. The van der Waals surface area contributed by atoms with Gasteiger partial charge in [0.05, 0.1) is 17.3 Å². The third kappa shape index (κ3) is 3.79. The molecule has 0 amide bonds.